The fraction of sp³-hybridized carbons (Fsp3) is 0. The average molecular weight is 610 g/mol. The van der Waals surface area contributed by atoms with Crippen LogP contribution in [0.25, 0.3) is 98.8 Å². The number of para-hydroxylation sites is 4. The molecule has 220 valence electrons. The first-order valence-electron chi connectivity index (χ1n) is 16.1. The molecule has 0 atom stereocenters. The van der Waals surface area contributed by atoms with Gasteiger partial charge in [0.1, 0.15) is 5.69 Å². The van der Waals surface area contributed by atoms with Gasteiger partial charge in [0.25, 0.3) is 0 Å². The normalized spacial score (nSPS) is 12.1. The van der Waals surface area contributed by atoms with Gasteiger partial charge in [0.05, 0.1) is 50.2 Å². The van der Waals surface area contributed by atoms with Crippen LogP contribution in [0.15, 0.2) is 140 Å². The molecule has 0 fully saturated rings. The summed E-state index contributed by atoms with van der Waals surface area (Å²) in [4.78, 5) is 10.6. The van der Waals surface area contributed by atoms with E-state index in [2.05, 4.69) is 106 Å². The molecular weight excluding hydrogens is 587 g/mol. The van der Waals surface area contributed by atoms with Gasteiger partial charge in [-0.3, -0.25) is 4.57 Å². The van der Waals surface area contributed by atoms with Crippen LogP contribution in [0.5, 0.6) is 0 Å². The van der Waals surface area contributed by atoms with Crippen molar-refractivity contribution in [3.8, 4) is 23.1 Å². The molecule has 0 aliphatic carbocycles. The fourth-order valence-electron chi connectivity index (χ4n) is 7.99. The lowest BCUT2D eigenvalue weighted by atomic mass is 10.0. The van der Waals surface area contributed by atoms with Gasteiger partial charge in [0, 0.05) is 37.9 Å². The van der Waals surface area contributed by atoms with Gasteiger partial charge in [-0.2, -0.15) is 5.26 Å². The summed E-state index contributed by atoms with van der Waals surface area (Å²) in [5.74, 6) is 0.738. The molecule has 0 unspecified atom stereocenters. The predicted octanol–water partition coefficient (Wildman–Crippen LogP) is 10.6. The zero-order valence-electron chi connectivity index (χ0n) is 25.5. The number of nitrogens with zero attached hydrogens (tertiary/aromatic N) is 5. The minimum atomic E-state index is 0.585. The minimum Gasteiger partial charge on any atom is -0.308 e. The first-order chi connectivity index (χ1) is 23.8. The van der Waals surface area contributed by atoms with Crippen molar-refractivity contribution in [1.82, 2.24) is 18.9 Å². The summed E-state index contributed by atoms with van der Waals surface area (Å²) in [6.07, 6.45) is 0. The Balaban J connectivity index is 1.42. The van der Waals surface area contributed by atoms with Crippen molar-refractivity contribution in [2.45, 2.75) is 0 Å². The lowest BCUT2D eigenvalue weighted by molar-refractivity contribution is 1.08. The molecule has 0 aliphatic heterocycles. The van der Waals surface area contributed by atoms with Crippen LogP contribution in [0.4, 0.5) is 0 Å². The molecule has 48 heavy (non-hydrogen) atoms. The van der Waals surface area contributed by atoms with E-state index in [9.17, 15) is 5.26 Å². The molecule has 5 heteroatoms. The summed E-state index contributed by atoms with van der Waals surface area (Å²) in [5.41, 5.74) is 9.55. The number of hydrogen-bond donors (Lipinski definition) is 0. The van der Waals surface area contributed by atoms with Crippen LogP contribution in [-0.2, 0) is 0 Å². The van der Waals surface area contributed by atoms with Crippen LogP contribution in [-0.4, -0.2) is 18.9 Å². The number of aromatic nitrogens is 4. The van der Waals surface area contributed by atoms with Crippen LogP contribution >= 0.6 is 0 Å². The molecule has 0 N–H and O–H groups in total. The number of rotatable bonds is 2. The van der Waals surface area contributed by atoms with Gasteiger partial charge in [-0.05, 0) is 65.4 Å². The van der Waals surface area contributed by atoms with E-state index in [-0.39, 0.29) is 0 Å². The number of nitriles is 1. The Morgan fingerprint density at radius 3 is 1.98 bits per heavy atom. The van der Waals surface area contributed by atoms with E-state index < -0.39 is 0 Å². The van der Waals surface area contributed by atoms with E-state index in [4.69, 9.17) is 9.97 Å². The SMILES string of the molecule is N#Cc1cccc(-c2nc3ccccc3nc2-n2c3ccccc3c3cc4c5ccccc5n5c6cc7ccccc7cc6c(c32)c45)c1. The summed E-state index contributed by atoms with van der Waals surface area (Å²) in [6, 6.07) is 51.0. The van der Waals surface area contributed by atoms with Gasteiger partial charge < -0.3 is 4.40 Å². The maximum absolute atomic E-state index is 9.83. The molecule has 0 saturated carbocycles. The van der Waals surface area contributed by atoms with E-state index in [1.54, 1.807) is 0 Å². The van der Waals surface area contributed by atoms with Crippen molar-refractivity contribution in [3.63, 3.8) is 0 Å². The van der Waals surface area contributed by atoms with Crippen molar-refractivity contribution in [2.75, 3.05) is 0 Å². The lowest BCUT2D eigenvalue weighted by Gasteiger charge is -2.14. The molecule has 0 saturated heterocycles. The van der Waals surface area contributed by atoms with Crippen LogP contribution in [0.2, 0.25) is 0 Å². The van der Waals surface area contributed by atoms with Crippen molar-refractivity contribution < 1.29 is 0 Å². The highest BCUT2D eigenvalue weighted by Gasteiger charge is 2.26. The maximum atomic E-state index is 9.83. The monoisotopic (exact) mass is 609 g/mol. The number of benzene rings is 7. The van der Waals surface area contributed by atoms with Gasteiger partial charge in [-0.1, -0.05) is 84.9 Å². The van der Waals surface area contributed by atoms with E-state index >= 15 is 0 Å². The van der Waals surface area contributed by atoms with Crippen molar-refractivity contribution in [2.24, 2.45) is 0 Å². The Morgan fingerprint density at radius 1 is 0.500 bits per heavy atom. The van der Waals surface area contributed by atoms with Gasteiger partial charge in [0.2, 0.25) is 0 Å². The molecule has 0 radical (unpaired) electrons. The van der Waals surface area contributed by atoms with E-state index in [1.165, 1.54) is 54.3 Å². The molecule has 0 aliphatic rings. The Morgan fingerprint density at radius 2 is 1.17 bits per heavy atom. The molecule has 4 heterocycles. The molecular formula is C43H23N5. The fourth-order valence-corrected chi connectivity index (χ4v) is 7.99. The molecule has 11 aromatic rings. The van der Waals surface area contributed by atoms with Crippen LogP contribution in [0, 0.1) is 11.3 Å². The zero-order valence-corrected chi connectivity index (χ0v) is 25.5. The Kier molecular flexibility index (Phi) is 4.85. The Labute approximate surface area is 273 Å². The second-order valence-corrected chi connectivity index (χ2v) is 12.5. The topological polar surface area (TPSA) is 58.9 Å². The first kappa shape index (κ1) is 25.4. The average Bonchev–Trinajstić information content (AvgIpc) is 3.77. The standard InChI is InChI=1S/C43H23N5/c44-24-25-10-9-13-28(20-25)40-43(46-35-17-6-5-16-34(35)45-40)48-37-19-8-4-15-30(37)32-23-31-29-14-3-7-18-36(29)47-38-22-27-12-2-1-11-26(27)21-33(38)39(41(31)47)42(32)48/h1-23H. The van der Waals surface area contributed by atoms with Gasteiger partial charge >= 0.3 is 0 Å². The lowest BCUT2D eigenvalue weighted by Crippen LogP contribution is -2.04. The second kappa shape index (κ2) is 9.16. The minimum absolute atomic E-state index is 0.585. The van der Waals surface area contributed by atoms with Crippen molar-refractivity contribution in [1.29, 1.82) is 5.26 Å². The second-order valence-electron chi connectivity index (χ2n) is 12.5. The van der Waals surface area contributed by atoms with Crippen molar-refractivity contribution in [3.05, 3.63) is 145 Å². The van der Waals surface area contributed by atoms with Crippen LogP contribution in [0.3, 0.4) is 0 Å². The summed E-state index contributed by atoms with van der Waals surface area (Å²) >= 11 is 0. The largest absolute Gasteiger partial charge is 0.308 e. The van der Waals surface area contributed by atoms with E-state index in [0.717, 1.165) is 44.5 Å². The van der Waals surface area contributed by atoms with Crippen LogP contribution in [0.1, 0.15) is 5.56 Å². The quantitative estimate of drug-likeness (QED) is 0.196. The Hall–Kier alpha value is -6.77. The molecule has 5 nitrogen and oxygen atoms in total. The highest BCUT2D eigenvalue weighted by Crippen LogP contribution is 2.47. The predicted molar refractivity (Wildman–Crippen MR) is 196 cm³/mol. The summed E-state index contributed by atoms with van der Waals surface area (Å²) in [6.45, 7) is 0. The Bertz CT molecular complexity index is 3190. The summed E-state index contributed by atoms with van der Waals surface area (Å²) in [5, 5.41) is 19.5. The summed E-state index contributed by atoms with van der Waals surface area (Å²) in [7, 11) is 0. The number of fused-ring (bicyclic) bond motifs is 12. The van der Waals surface area contributed by atoms with Gasteiger partial charge in [-0.25, -0.2) is 9.97 Å². The first-order valence-corrected chi connectivity index (χ1v) is 16.1. The third kappa shape index (κ3) is 3.23. The third-order valence-electron chi connectivity index (χ3n) is 9.99. The number of hydrogen-bond acceptors (Lipinski definition) is 3. The smallest absolute Gasteiger partial charge is 0.165 e. The summed E-state index contributed by atoms with van der Waals surface area (Å²) < 4.78 is 4.77. The van der Waals surface area contributed by atoms with Crippen LogP contribution < -0.4 is 0 Å². The van der Waals surface area contributed by atoms with Gasteiger partial charge in [0.15, 0.2) is 5.82 Å². The van der Waals surface area contributed by atoms with E-state index in [0.29, 0.717) is 5.56 Å². The third-order valence-corrected chi connectivity index (χ3v) is 9.99. The molecule has 11 rings (SSSR count). The molecule has 0 amide bonds. The molecule has 7 aromatic carbocycles. The van der Waals surface area contributed by atoms with Crippen molar-refractivity contribution >= 4 is 81.7 Å². The molecule has 4 aromatic heterocycles. The van der Waals surface area contributed by atoms with E-state index in [1.807, 2.05) is 48.5 Å². The highest BCUT2D eigenvalue weighted by molar-refractivity contribution is 6.35. The molecule has 0 spiro atoms. The highest BCUT2D eigenvalue weighted by atomic mass is 15.1. The zero-order chi connectivity index (χ0) is 31.5. The maximum Gasteiger partial charge on any atom is 0.165 e. The molecule has 0 bridgehead atoms. The van der Waals surface area contributed by atoms with Gasteiger partial charge in [-0.15, -0.1) is 0 Å².